The van der Waals surface area contributed by atoms with Crippen molar-refractivity contribution in [3.8, 4) is 11.7 Å². The molecule has 0 fully saturated rings. The maximum atomic E-state index is 11.6. The minimum Gasteiger partial charge on any atom is -0.499 e. The zero-order valence-electron chi connectivity index (χ0n) is 8.68. The predicted octanol–water partition coefficient (Wildman–Crippen LogP) is 2.40. The van der Waals surface area contributed by atoms with E-state index < -0.39 is 17.1 Å². The summed E-state index contributed by atoms with van der Waals surface area (Å²) in [5, 5.41) is 18.2. The van der Waals surface area contributed by atoms with Crippen molar-refractivity contribution in [2.45, 2.75) is 6.42 Å². The first-order valence-corrected chi connectivity index (χ1v) is 5.64. The average Bonchev–Trinajstić information content (AvgIpc) is 2.33. The van der Waals surface area contributed by atoms with Crippen molar-refractivity contribution in [2.24, 2.45) is 0 Å². The topological polar surface area (TPSA) is 70.7 Å². The Morgan fingerprint density at radius 2 is 1.82 bits per heavy atom. The molecular weight excluding hydrogens is 288 g/mol. The third-order valence-electron chi connectivity index (χ3n) is 2.33. The van der Waals surface area contributed by atoms with Gasteiger partial charge >= 0.3 is 5.95 Å². The summed E-state index contributed by atoms with van der Waals surface area (Å²) in [4.78, 5) is 11.6. The van der Waals surface area contributed by atoms with Gasteiger partial charge < -0.3 is 14.6 Å². The second kappa shape index (κ2) is 4.63. The third kappa shape index (κ3) is 2.50. The van der Waals surface area contributed by atoms with Gasteiger partial charge in [0, 0.05) is 16.5 Å². The molecule has 2 rings (SSSR count). The lowest BCUT2D eigenvalue weighted by Gasteiger charge is -2.02. The molecule has 0 aliphatic heterocycles. The SMILES string of the molecule is O=c1c(Cc2ccc(Br)cc2)coc(O)c1O. The van der Waals surface area contributed by atoms with Crippen LogP contribution in [0.2, 0.25) is 0 Å². The summed E-state index contributed by atoms with van der Waals surface area (Å²) in [5.41, 5.74) is 0.588. The van der Waals surface area contributed by atoms with E-state index in [-0.39, 0.29) is 0 Å². The Labute approximate surface area is 105 Å². The van der Waals surface area contributed by atoms with E-state index in [0.717, 1.165) is 16.3 Å². The zero-order chi connectivity index (χ0) is 12.4. The number of hydrogen-bond acceptors (Lipinski definition) is 4. The zero-order valence-corrected chi connectivity index (χ0v) is 10.3. The predicted molar refractivity (Wildman–Crippen MR) is 65.3 cm³/mol. The lowest BCUT2D eigenvalue weighted by atomic mass is 10.1. The highest BCUT2D eigenvalue weighted by Gasteiger charge is 2.11. The molecule has 2 N–H and O–H groups in total. The standard InChI is InChI=1S/C12H9BrO4/c13-9-3-1-7(2-4-9)5-8-6-17-12(16)11(15)10(8)14/h1-4,6,15-16H,5H2. The Morgan fingerprint density at radius 3 is 2.47 bits per heavy atom. The normalized spacial score (nSPS) is 10.4. The van der Waals surface area contributed by atoms with Gasteiger partial charge in [0.1, 0.15) is 6.26 Å². The Bertz CT molecular complexity index is 586. The Kier molecular flexibility index (Phi) is 3.19. The van der Waals surface area contributed by atoms with Crippen molar-refractivity contribution >= 4 is 15.9 Å². The molecule has 0 atom stereocenters. The molecule has 0 unspecified atom stereocenters. The van der Waals surface area contributed by atoms with Crippen LogP contribution in [0.5, 0.6) is 11.7 Å². The summed E-state index contributed by atoms with van der Waals surface area (Å²) in [6.07, 6.45) is 1.49. The maximum absolute atomic E-state index is 11.6. The van der Waals surface area contributed by atoms with Crippen LogP contribution in [0.15, 0.2) is 44.2 Å². The molecule has 0 saturated carbocycles. The van der Waals surface area contributed by atoms with E-state index in [9.17, 15) is 9.90 Å². The van der Waals surface area contributed by atoms with Crippen LogP contribution in [0, 0.1) is 0 Å². The summed E-state index contributed by atoms with van der Waals surface area (Å²) < 4.78 is 5.61. The molecule has 0 radical (unpaired) electrons. The Morgan fingerprint density at radius 1 is 1.18 bits per heavy atom. The molecule has 5 heteroatoms. The van der Waals surface area contributed by atoms with Gasteiger partial charge in [-0.25, -0.2) is 0 Å². The molecule has 1 aromatic heterocycles. The van der Waals surface area contributed by atoms with Gasteiger partial charge in [0.2, 0.25) is 11.2 Å². The number of aromatic hydroxyl groups is 2. The van der Waals surface area contributed by atoms with Crippen LogP contribution >= 0.6 is 15.9 Å². The molecule has 1 aromatic carbocycles. The highest BCUT2D eigenvalue weighted by molar-refractivity contribution is 9.10. The van der Waals surface area contributed by atoms with Gasteiger partial charge in [0.15, 0.2) is 0 Å². The van der Waals surface area contributed by atoms with Crippen molar-refractivity contribution in [1.29, 1.82) is 0 Å². The molecule has 0 saturated heterocycles. The van der Waals surface area contributed by atoms with Crippen LogP contribution in [-0.4, -0.2) is 10.2 Å². The second-order valence-corrected chi connectivity index (χ2v) is 4.46. The van der Waals surface area contributed by atoms with Crippen molar-refractivity contribution in [3.05, 3.63) is 56.4 Å². The van der Waals surface area contributed by atoms with Gasteiger partial charge in [0.25, 0.3) is 0 Å². The monoisotopic (exact) mass is 296 g/mol. The largest absolute Gasteiger partial charge is 0.499 e. The first-order valence-electron chi connectivity index (χ1n) is 4.85. The number of rotatable bonds is 2. The van der Waals surface area contributed by atoms with E-state index in [2.05, 4.69) is 20.3 Å². The van der Waals surface area contributed by atoms with E-state index in [1.165, 1.54) is 0 Å². The van der Waals surface area contributed by atoms with Crippen LogP contribution < -0.4 is 5.43 Å². The molecular formula is C12H9BrO4. The molecule has 17 heavy (non-hydrogen) atoms. The van der Waals surface area contributed by atoms with Crippen molar-refractivity contribution < 1.29 is 14.6 Å². The summed E-state index contributed by atoms with van der Waals surface area (Å²) in [7, 11) is 0. The Hall–Kier alpha value is -1.75. The van der Waals surface area contributed by atoms with Crippen LogP contribution in [0.1, 0.15) is 11.1 Å². The fraction of sp³-hybridized carbons (Fsp3) is 0.0833. The van der Waals surface area contributed by atoms with Gasteiger partial charge in [-0.15, -0.1) is 0 Å². The summed E-state index contributed by atoms with van der Waals surface area (Å²) in [6, 6.07) is 7.43. The Balaban J connectivity index is 2.34. The molecule has 0 spiro atoms. The van der Waals surface area contributed by atoms with E-state index in [4.69, 9.17) is 5.11 Å². The highest BCUT2D eigenvalue weighted by Crippen LogP contribution is 2.21. The maximum Gasteiger partial charge on any atom is 0.330 e. The van der Waals surface area contributed by atoms with Gasteiger partial charge in [-0.1, -0.05) is 28.1 Å². The lowest BCUT2D eigenvalue weighted by molar-refractivity contribution is 0.286. The quantitative estimate of drug-likeness (QED) is 0.893. The summed E-state index contributed by atoms with van der Waals surface area (Å²) in [6.45, 7) is 0. The summed E-state index contributed by atoms with van der Waals surface area (Å²) in [5.74, 6) is -1.51. The minimum absolute atomic E-state index is 0.294. The number of benzene rings is 1. The molecule has 88 valence electrons. The van der Waals surface area contributed by atoms with E-state index in [1.807, 2.05) is 24.3 Å². The second-order valence-electron chi connectivity index (χ2n) is 3.55. The van der Waals surface area contributed by atoms with Crippen molar-refractivity contribution in [1.82, 2.24) is 0 Å². The van der Waals surface area contributed by atoms with Gasteiger partial charge in [-0.3, -0.25) is 4.79 Å². The molecule has 2 aromatic rings. The van der Waals surface area contributed by atoms with Crippen molar-refractivity contribution in [3.63, 3.8) is 0 Å². The summed E-state index contributed by atoms with van der Waals surface area (Å²) >= 11 is 3.31. The first-order chi connectivity index (χ1) is 8.08. The molecule has 4 nitrogen and oxygen atoms in total. The van der Waals surface area contributed by atoms with Crippen molar-refractivity contribution in [2.75, 3.05) is 0 Å². The van der Waals surface area contributed by atoms with Crippen LogP contribution in [0.3, 0.4) is 0 Å². The fourth-order valence-corrected chi connectivity index (χ4v) is 1.69. The number of hydrogen-bond donors (Lipinski definition) is 2. The van der Waals surface area contributed by atoms with E-state index in [0.29, 0.717) is 12.0 Å². The lowest BCUT2D eigenvalue weighted by Crippen LogP contribution is -2.08. The van der Waals surface area contributed by atoms with Crippen LogP contribution in [0.25, 0.3) is 0 Å². The first kappa shape index (κ1) is 11.7. The molecule has 0 amide bonds. The molecule has 0 aliphatic rings. The van der Waals surface area contributed by atoms with Crippen LogP contribution in [-0.2, 0) is 6.42 Å². The fourth-order valence-electron chi connectivity index (χ4n) is 1.43. The molecule has 0 aliphatic carbocycles. The van der Waals surface area contributed by atoms with Crippen LogP contribution in [0.4, 0.5) is 0 Å². The third-order valence-corrected chi connectivity index (χ3v) is 2.86. The number of halogens is 1. The van der Waals surface area contributed by atoms with Gasteiger partial charge in [-0.05, 0) is 17.7 Å². The highest BCUT2D eigenvalue weighted by atomic mass is 79.9. The van der Waals surface area contributed by atoms with Gasteiger partial charge in [0.05, 0.1) is 0 Å². The van der Waals surface area contributed by atoms with E-state index in [1.54, 1.807) is 0 Å². The smallest absolute Gasteiger partial charge is 0.330 e. The van der Waals surface area contributed by atoms with E-state index >= 15 is 0 Å². The van der Waals surface area contributed by atoms with Gasteiger partial charge in [-0.2, -0.15) is 0 Å². The minimum atomic E-state index is -0.755. The molecule has 1 heterocycles. The molecule has 0 bridgehead atoms. The average molecular weight is 297 g/mol.